The SMILES string of the molecule is CCn1c(NC(=O)c2ccc3cc4n(c3c2)[C@@H](C)[C@H](C)NC4=O)nc2ccccc21. The van der Waals surface area contributed by atoms with Gasteiger partial charge < -0.3 is 14.5 Å². The van der Waals surface area contributed by atoms with E-state index >= 15 is 0 Å². The summed E-state index contributed by atoms with van der Waals surface area (Å²) in [6.45, 7) is 6.79. The highest BCUT2D eigenvalue weighted by Gasteiger charge is 2.29. The smallest absolute Gasteiger partial charge is 0.268 e. The molecule has 0 saturated carbocycles. The van der Waals surface area contributed by atoms with Crippen molar-refractivity contribution < 1.29 is 9.59 Å². The number of carbonyl (C=O) groups excluding carboxylic acids is 2. The first-order chi connectivity index (χ1) is 14.5. The van der Waals surface area contributed by atoms with Crippen LogP contribution < -0.4 is 10.6 Å². The molecule has 30 heavy (non-hydrogen) atoms. The number of anilines is 1. The van der Waals surface area contributed by atoms with Gasteiger partial charge >= 0.3 is 0 Å². The van der Waals surface area contributed by atoms with E-state index in [0.717, 1.165) is 21.9 Å². The Morgan fingerprint density at radius 2 is 1.93 bits per heavy atom. The zero-order valence-corrected chi connectivity index (χ0v) is 17.1. The van der Waals surface area contributed by atoms with Crippen molar-refractivity contribution in [2.24, 2.45) is 0 Å². The Bertz CT molecular complexity index is 1320. The predicted octanol–water partition coefficient (Wildman–Crippen LogP) is 3.96. The number of nitrogens with one attached hydrogen (secondary N) is 2. The molecule has 2 aromatic carbocycles. The number of fused-ring (bicyclic) bond motifs is 4. The van der Waals surface area contributed by atoms with Crippen molar-refractivity contribution in [1.29, 1.82) is 0 Å². The van der Waals surface area contributed by atoms with Crippen molar-refractivity contribution in [2.45, 2.75) is 39.4 Å². The number of hydrogen-bond donors (Lipinski definition) is 2. The van der Waals surface area contributed by atoms with Crippen LogP contribution in [0.2, 0.25) is 0 Å². The molecule has 2 aromatic heterocycles. The minimum atomic E-state index is -0.224. The van der Waals surface area contributed by atoms with Crippen LogP contribution in [0.15, 0.2) is 48.5 Å². The summed E-state index contributed by atoms with van der Waals surface area (Å²) in [7, 11) is 0. The second-order valence-corrected chi connectivity index (χ2v) is 7.80. The van der Waals surface area contributed by atoms with Crippen molar-refractivity contribution in [1.82, 2.24) is 19.4 Å². The first kappa shape index (κ1) is 18.4. The fourth-order valence-electron chi connectivity index (χ4n) is 4.27. The third-order valence-electron chi connectivity index (χ3n) is 6.02. The number of nitrogens with zero attached hydrogens (tertiary/aromatic N) is 3. The van der Waals surface area contributed by atoms with Crippen molar-refractivity contribution in [3.63, 3.8) is 0 Å². The van der Waals surface area contributed by atoms with E-state index in [-0.39, 0.29) is 23.9 Å². The molecule has 0 unspecified atom stereocenters. The molecule has 3 heterocycles. The topological polar surface area (TPSA) is 81.0 Å². The van der Waals surface area contributed by atoms with Crippen molar-refractivity contribution in [2.75, 3.05) is 5.32 Å². The Balaban J connectivity index is 1.54. The predicted molar refractivity (Wildman–Crippen MR) is 117 cm³/mol. The maximum absolute atomic E-state index is 13.0. The molecule has 2 amide bonds. The van der Waals surface area contributed by atoms with Gasteiger partial charge in [-0.15, -0.1) is 0 Å². The van der Waals surface area contributed by atoms with Crippen LogP contribution in [0, 0.1) is 0 Å². The van der Waals surface area contributed by atoms with Gasteiger partial charge in [-0.2, -0.15) is 0 Å². The molecule has 1 aliphatic heterocycles. The normalized spacial score (nSPS) is 18.4. The summed E-state index contributed by atoms with van der Waals surface area (Å²) in [5.74, 6) is 0.222. The van der Waals surface area contributed by atoms with Crippen molar-refractivity contribution in [3.8, 4) is 0 Å². The molecule has 0 spiro atoms. The van der Waals surface area contributed by atoms with E-state index in [4.69, 9.17) is 0 Å². The van der Waals surface area contributed by atoms with Gasteiger partial charge in [0.15, 0.2) is 0 Å². The van der Waals surface area contributed by atoms with Gasteiger partial charge in [-0.1, -0.05) is 18.2 Å². The van der Waals surface area contributed by atoms with Gasteiger partial charge in [0.1, 0.15) is 5.69 Å². The lowest BCUT2D eigenvalue weighted by molar-refractivity contribution is 0.0891. The monoisotopic (exact) mass is 401 g/mol. The van der Waals surface area contributed by atoms with Gasteiger partial charge in [0.05, 0.1) is 17.1 Å². The van der Waals surface area contributed by atoms with Crippen LogP contribution in [0.4, 0.5) is 5.95 Å². The summed E-state index contributed by atoms with van der Waals surface area (Å²) in [4.78, 5) is 30.0. The lowest BCUT2D eigenvalue weighted by Gasteiger charge is -2.30. The molecule has 0 radical (unpaired) electrons. The molecule has 2 atom stereocenters. The van der Waals surface area contributed by atoms with Crippen LogP contribution >= 0.6 is 0 Å². The number of aromatic nitrogens is 3. The zero-order chi connectivity index (χ0) is 21.0. The van der Waals surface area contributed by atoms with Crippen LogP contribution in [-0.4, -0.2) is 32.0 Å². The van der Waals surface area contributed by atoms with Crippen LogP contribution in [0.3, 0.4) is 0 Å². The molecule has 0 saturated heterocycles. The quantitative estimate of drug-likeness (QED) is 0.545. The van der Waals surface area contributed by atoms with Gasteiger partial charge in [-0.3, -0.25) is 14.9 Å². The van der Waals surface area contributed by atoms with Gasteiger partial charge in [0, 0.05) is 29.1 Å². The van der Waals surface area contributed by atoms with E-state index in [0.29, 0.717) is 23.8 Å². The number of rotatable bonds is 3. The average Bonchev–Trinajstić information content (AvgIpc) is 3.29. The maximum Gasteiger partial charge on any atom is 0.268 e. The summed E-state index contributed by atoms with van der Waals surface area (Å²) in [6, 6.07) is 15.3. The standard InChI is InChI=1S/C23H23N5O2/c1-4-27-18-8-6-5-7-17(18)25-23(27)26-21(29)16-10-9-15-11-20-22(30)24-13(2)14(3)28(20)19(15)12-16/h5-14H,4H2,1-3H3,(H,24,30)(H,25,26,29)/t13-,14-/m0/s1. The first-order valence-electron chi connectivity index (χ1n) is 10.2. The van der Waals surface area contributed by atoms with Crippen molar-refractivity contribution >= 4 is 39.7 Å². The Morgan fingerprint density at radius 3 is 2.73 bits per heavy atom. The van der Waals surface area contributed by atoms with Crippen LogP contribution in [0.5, 0.6) is 0 Å². The lowest BCUT2D eigenvalue weighted by atomic mass is 10.1. The molecule has 2 N–H and O–H groups in total. The van der Waals surface area contributed by atoms with Gasteiger partial charge in [-0.05, 0) is 51.1 Å². The highest BCUT2D eigenvalue weighted by atomic mass is 16.2. The third-order valence-corrected chi connectivity index (χ3v) is 6.02. The molecule has 0 fully saturated rings. The number of imidazole rings is 1. The molecule has 152 valence electrons. The molecule has 5 rings (SSSR count). The number of aryl methyl sites for hydroxylation is 1. The van der Waals surface area contributed by atoms with Crippen LogP contribution in [0.1, 0.15) is 47.7 Å². The molecule has 7 heteroatoms. The minimum Gasteiger partial charge on any atom is -0.346 e. The zero-order valence-electron chi connectivity index (χ0n) is 17.1. The molecular formula is C23H23N5O2. The Labute approximate surface area is 173 Å². The van der Waals surface area contributed by atoms with Crippen molar-refractivity contribution in [3.05, 3.63) is 59.8 Å². The van der Waals surface area contributed by atoms with E-state index in [9.17, 15) is 9.59 Å². The summed E-state index contributed by atoms with van der Waals surface area (Å²) in [5.41, 5.74) is 3.88. The summed E-state index contributed by atoms with van der Waals surface area (Å²) in [6.07, 6.45) is 0. The fourth-order valence-corrected chi connectivity index (χ4v) is 4.27. The number of carbonyl (C=O) groups is 2. The number of amides is 2. The highest BCUT2D eigenvalue weighted by Crippen LogP contribution is 2.30. The van der Waals surface area contributed by atoms with E-state index in [2.05, 4.69) is 22.5 Å². The molecule has 0 bridgehead atoms. The van der Waals surface area contributed by atoms with Gasteiger partial charge in [0.2, 0.25) is 5.95 Å². The van der Waals surface area contributed by atoms with Gasteiger partial charge in [-0.25, -0.2) is 4.98 Å². The lowest BCUT2D eigenvalue weighted by Crippen LogP contribution is -2.44. The largest absolute Gasteiger partial charge is 0.346 e. The Morgan fingerprint density at radius 1 is 1.13 bits per heavy atom. The number of benzene rings is 2. The Hall–Kier alpha value is -3.61. The molecule has 0 aliphatic carbocycles. The molecule has 4 aromatic rings. The average molecular weight is 401 g/mol. The Kier molecular flexibility index (Phi) is 4.13. The number of para-hydroxylation sites is 2. The van der Waals surface area contributed by atoms with Crippen LogP contribution in [-0.2, 0) is 6.54 Å². The van der Waals surface area contributed by atoms with Crippen LogP contribution in [0.25, 0.3) is 21.9 Å². The molecule has 7 nitrogen and oxygen atoms in total. The summed E-state index contributed by atoms with van der Waals surface area (Å²) >= 11 is 0. The maximum atomic E-state index is 13.0. The number of hydrogen-bond acceptors (Lipinski definition) is 3. The van der Waals surface area contributed by atoms with E-state index in [1.54, 1.807) is 6.07 Å². The third kappa shape index (κ3) is 2.69. The molecular weight excluding hydrogens is 378 g/mol. The van der Waals surface area contributed by atoms with Gasteiger partial charge in [0.25, 0.3) is 11.8 Å². The first-order valence-corrected chi connectivity index (χ1v) is 10.2. The summed E-state index contributed by atoms with van der Waals surface area (Å²) < 4.78 is 4.01. The summed E-state index contributed by atoms with van der Waals surface area (Å²) in [5, 5.41) is 6.89. The highest BCUT2D eigenvalue weighted by molar-refractivity contribution is 6.07. The minimum absolute atomic E-state index is 0.0162. The van der Waals surface area contributed by atoms with E-state index < -0.39 is 0 Å². The second-order valence-electron chi connectivity index (χ2n) is 7.80. The van der Waals surface area contributed by atoms with E-state index in [1.807, 2.05) is 65.4 Å². The van der Waals surface area contributed by atoms with E-state index in [1.165, 1.54) is 0 Å². The second kappa shape index (κ2) is 6.73. The molecule has 1 aliphatic rings. The fraction of sp³-hybridized carbons (Fsp3) is 0.261.